The largest absolute Gasteiger partial charge is 0.485 e. The number of rotatable bonds is 3. The van der Waals surface area contributed by atoms with Crippen LogP contribution in [0, 0.1) is 0 Å². The summed E-state index contributed by atoms with van der Waals surface area (Å²) in [5.74, 6) is 0.997. The van der Waals surface area contributed by atoms with E-state index in [9.17, 15) is 9.59 Å². The Balaban J connectivity index is 1.39. The van der Waals surface area contributed by atoms with Gasteiger partial charge in [-0.15, -0.1) is 0 Å². The van der Waals surface area contributed by atoms with Gasteiger partial charge in [0.05, 0.1) is 11.1 Å². The highest BCUT2D eigenvalue weighted by Crippen LogP contribution is 2.36. The molecule has 0 aromatic heterocycles. The Hall–Kier alpha value is -4.12. The average Bonchev–Trinajstić information content (AvgIpc) is 3.09. The molecule has 0 bridgehead atoms. The summed E-state index contributed by atoms with van der Waals surface area (Å²) < 4.78 is 17.2. The van der Waals surface area contributed by atoms with Gasteiger partial charge in [0, 0.05) is 11.6 Å². The first-order chi connectivity index (χ1) is 15.1. The van der Waals surface area contributed by atoms with E-state index in [4.69, 9.17) is 14.2 Å². The molecule has 0 saturated carbocycles. The lowest BCUT2D eigenvalue weighted by Crippen LogP contribution is -2.18. The predicted octanol–water partition coefficient (Wildman–Crippen LogP) is 5.23. The summed E-state index contributed by atoms with van der Waals surface area (Å²) in [7, 11) is 0. The molecule has 31 heavy (non-hydrogen) atoms. The average molecular weight is 410 g/mol. The Labute approximate surface area is 179 Å². The number of allylic oxidation sites excluding steroid dienone is 1. The van der Waals surface area contributed by atoms with Gasteiger partial charge in [-0.25, -0.2) is 4.79 Å². The van der Waals surface area contributed by atoms with Crippen molar-refractivity contribution >= 4 is 17.8 Å². The van der Waals surface area contributed by atoms with Gasteiger partial charge in [0.2, 0.25) is 5.78 Å². The van der Waals surface area contributed by atoms with Gasteiger partial charge in [-0.2, -0.15) is 0 Å². The zero-order chi connectivity index (χ0) is 21.4. The molecule has 2 aliphatic rings. The van der Waals surface area contributed by atoms with Gasteiger partial charge >= 0.3 is 5.97 Å². The number of esters is 1. The fourth-order valence-electron chi connectivity index (χ4n) is 3.54. The maximum Gasteiger partial charge on any atom is 0.343 e. The fourth-order valence-corrected chi connectivity index (χ4v) is 3.54. The predicted molar refractivity (Wildman–Crippen MR) is 115 cm³/mol. The number of para-hydroxylation sites is 1. The minimum atomic E-state index is -0.474. The lowest BCUT2D eigenvalue weighted by molar-refractivity contribution is 0.0734. The van der Waals surface area contributed by atoms with Gasteiger partial charge in [-0.05, 0) is 55.0 Å². The van der Waals surface area contributed by atoms with Crippen molar-refractivity contribution in [3.05, 3.63) is 107 Å². The number of Topliss-reactive ketones (excluding diaryl/α,β-unsaturated/α-hetero) is 1. The summed E-state index contributed by atoms with van der Waals surface area (Å²) in [6.45, 7) is 1.92. The molecule has 152 valence electrons. The topological polar surface area (TPSA) is 61.8 Å². The van der Waals surface area contributed by atoms with Crippen LogP contribution in [0.5, 0.6) is 17.2 Å². The van der Waals surface area contributed by atoms with Crippen LogP contribution in [0.15, 0.2) is 90.2 Å². The molecular weight excluding hydrogens is 392 g/mol. The molecular formula is C26H18O5. The van der Waals surface area contributed by atoms with E-state index in [2.05, 4.69) is 0 Å². The van der Waals surface area contributed by atoms with Crippen molar-refractivity contribution in [2.45, 2.75) is 13.0 Å². The van der Waals surface area contributed by atoms with Crippen LogP contribution in [0.4, 0.5) is 0 Å². The Bertz CT molecular complexity index is 1250. The number of hydrogen-bond donors (Lipinski definition) is 0. The van der Waals surface area contributed by atoms with Gasteiger partial charge in [0.1, 0.15) is 23.4 Å². The van der Waals surface area contributed by atoms with Crippen LogP contribution in [-0.2, 0) is 0 Å². The minimum absolute atomic E-state index is 0.211. The molecule has 0 saturated heterocycles. The van der Waals surface area contributed by atoms with E-state index >= 15 is 0 Å². The maximum atomic E-state index is 12.8. The normalized spacial score (nSPS) is 17.8. The highest BCUT2D eigenvalue weighted by atomic mass is 16.5. The number of ether oxygens (including phenoxy) is 3. The molecule has 0 unspecified atom stereocenters. The lowest BCUT2D eigenvalue weighted by atomic mass is 10.0. The molecule has 0 amide bonds. The van der Waals surface area contributed by atoms with Crippen molar-refractivity contribution in [1.29, 1.82) is 0 Å². The third-order valence-corrected chi connectivity index (χ3v) is 5.17. The van der Waals surface area contributed by atoms with Crippen LogP contribution in [0.2, 0.25) is 0 Å². The number of carbonyl (C=O) groups is 2. The van der Waals surface area contributed by atoms with Crippen molar-refractivity contribution in [3.63, 3.8) is 0 Å². The Morgan fingerprint density at radius 2 is 1.74 bits per heavy atom. The Morgan fingerprint density at radius 3 is 2.58 bits per heavy atom. The van der Waals surface area contributed by atoms with Crippen LogP contribution < -0.4 is 14.2 Å². The van der Waals surface area contributed by atoms with Crippen molar-refractivity contribution < 1.29 is 23.8 Å². The van der Waals surface area contributed by atoms with Gasteiger partial charge < -0.3 is 14.2 Å². The molecule has 0 aliphatic carbocycles. The fraction of sp³-hybridized carbons (Fsp3) is 0.0769. The van der Waals surface area contributed by atoms with Crippen LogP contribution in [-0.4, -0.2) is 17.9 Å². The summed E-state index contributed by atoms with van der Waals surface area (Å²) in [4.78, 5) is 25.1. The second-order valence-electron chi connectivity index (χ2n) is 7.30. The number of ketones is 1. The third-order valence-electron chi connectivity index (χ3n) is 5.17. The monoisotopic (exact) mass is 410 g/mol. The van der Waals surface area contributed by atoms with Crippen molar-refractivity contribution in [3.8, 4) is 17.2 Å². The van der Waals surface area contributed by atoms with E-state index in [1.165, 1.54) is 0 Å². The van der Waals surface area contributed by atoms with Crippen LogP contribution in [0.1, 0.15) is 33.2 Å². The highest BCUT2D eigenvalue weighted by Gasteiger charge is 2.29. The number of carbonyl (C=O) groups excluding carboxylic acids is 2. The summed E-state index contributed by atoms with van der Waals surface area (Å²) in [6, 6.07) is 21.2. The standard InChI is InChI=1S/C26H18O5/c1-16-19(13-18-9-5-6-10-22(18)29-16)14-24-25(27)21-12-11-20(15-23(21)31-24)30-26(28)17-7-3-2-4-8-17/h2-16H,1H3/t16-/m0/s1. The molecule has 5 nitrogen and oxygen atoms in total. The zero-order valence-electron chi connectivity index (χ0n) is 16.7. The van der Waals surface area contributed by atoms with Gasteiger partial charge in [0.15, 0.2) is 5.76 Å². The zero-order valence-corrected chi connectivity index (χ0v) is 16.7. The molecule has 0 N–H and O–H groups in total. The molecule has 5 heteroatoms. The van der Waals surface area contributed by atoms with E-state index in [0.717, 1.165) is 16.9 Å². The van der Waals surface area contributed by atoms with Gasteiger partial charge in [0.25, 0.3) is 0 Å². The second kappa shape index (κ2) is 7.61. The molecule has 0 fully saturated rings. The first-order valence-electron chi connectivity index (χ1n) is 9.91. The van der Waals surface area contributed by atoms with Crippen LogP contribution in [0.3, 0.4) is 0 Å². The molecule has 3 aromatic carbocycles. The van der Waals surface area contributed by atoms with E-state index in [1.54, 1.807) is 48.5 Å². The summed E-state index contributed by atoms with van der Waals surface area (Å²) in [5, 5.41) is 0. The SMILES string of the molecule is C[C@@H]1Oc2ccccc2C=C1C=C1Oc2cc(OC(=O)c3ccccc3)ccc2C1=O. The molecule has 2 aliphatic heterocycles. The van der Waals surface area contributed by atoms with Crippen molar-refractivity contribution in [1.82, 2.24) is 0 Å². The van der Waals surface area contributed by atoms with Crippen LogP contribution >= 0.6 is 0 Å². The smallest absolute Gasteiger partial charge is 0.343 e. The summed E-state index contributed by atoms with van der Waals surface area (Å²) in [6.07, 6.45) is 3.48. The quantitative estimate of drug-likeness (QED) is 0.336. The van der Waals surface area contributed by atoms with Crippen molar-refractivity contribution in [2.24, 2.45) is 0 Å². The number of benzene rings is 3. The molecule has 2 heterocycles. The van der Waals surface area contributed by atoms with E-state index in [-0.39, 0.29) is 17.6 Å². The molecule has 0 spiro atoms. The van der Waals surface area contributed by atoms with Gasteiger partial charge in [-0.3, -0.25) is 4.79 Å². The Morgan fingerprint density at radius 1 is 0.968 bits per heavy atom. The van der Waals surface area contributed by atoms with Gasteiger partial charge in [-0.1, -0.05) is 36.4 Å². The number of hydrogen-bond acceptors (Lipinski definition) is 5. The maximum absolute atomic E-state index is 12.8. The molecule has 0 radical (unpaired) electrons. The first-order valence-corrected chi connectivity index (χ1v) is 9.91. The lowest BCUT2D eigenvalue weighted by Gasteiger charge is -2.22. The molecule has 5 rings (SSSR count). The number of fused-ring (bicyclic) bond motifs is 2. The third kappa shape index (κ3) is 3.62. The van der Waals surface area contributed by atoms with E-state index in [1.807, 2.05) is 43.3 Å². The van der Waals surface area contributed by atoms with E-state index in [0.29, 0.717) is 22.6 Å². The van der Waals surface area contributed by atoms with E-state index < -0.39 is 5.97 Å². The summed E-state index contributed by atoms with van der Waals surface area (Å²) in [5.41, 5.74) is 2.66. The highest BCUT2D eigenvalue weighted by molar-refractivity contribution is 6.12. The second-order valence-corrected chi connectivity index (χ2v) is 7.30. The molecule has 3 aromatic rings. The van der Waals surface area contributed by atoms with Crippen LogP contribution in [0.25, 0.3) is 6.08 Å². The Kier molecular flexibility index (Phi) is 4.64. The summed E-state index contributed by atoms with van der Waals surface area (Å²) >= 11 is 0. The van der Waals surface area contributed by atoms with Crippen molar-refractivity contribution in [2.75, 3.05) is 0 Å². The molecule has 1 atom stereocenters. The first kappa shape index (κ1) is 18.9. The minimum Gasteiger partial charge on any atom is -0.485 e.